The fourth-order valence-electron chi connectivity index (χ4n) is 3.60. The van der Waals surface area contributed by atoms with Gasteiger partial charge in [-0.15, -0.1) is 0 Å². The molecule has 0 radical (unpaired) electrons. The molecule has 0 aliphatic carbocycles. The smallest absolute Gasteiger partial charge is 0.0703 e. The Kier molecular flexibility index (Phi) is 3.85. The Morgan fingerprint density at radius 2 is 2.00 bits per heavy atom. The fourth-order valence-corrected chi connectivity index (χ4v) is 3.60. The van der Waals surface area contributed by atoms with Crippen LogP contribution in [0.5, 0.6) is 0 Å². The maximum atomic E-state index is 5.81. The van der Waals surface area contributed by atoms with Gasteiger partial charge in [0.15, 0.2) is 0 Å². The van der Waals surface area contributed by atoms with Crippen molar-refractivity contribution < 1.29 is 4.74 Å². The third kappa shape index (κ3) is 2.76. The van der Waals surface area contributed by atoms with Crippen LogP contribution >= 0.6 is 0 Å². The van der Waals surface area contributed by atoms with Gasteiger partial charge in [0.1, 0.15) is 0 Å². The molecule has 1 aromatic rings. The van der Waals surface area contributed by atoms with E-state index in [0.29, 0.717) is 18.2 Å². The maximum absolute atomic E-state index is 5.81. The van der Waals surface area contributed by atoms with Crippen molar-refractivity contribution >= 4 is 0 Å². The first-order valence-corrected chi connectivity index (χ1v) is 7.74. The Bertz CT molecular complexity index is 446. The molecule has 0 aromatic heterocycles. The molecular weight excluding hydrogens is 248 g/mol. The van der Waals surface area contributed by atoms with E-state index in [1.54, 1.807) is 0 Å². The van der Waals surface area contributed by atoms with Crippen LogP contribution in [0.15, 0.2) is 30.3 Å². The second-order valence-corrected chi connectivity index (χ2v) is 6.80. The lowest BCUT2D eigenvalue weighted by atomic mass is 9.92. The van der Waals surface area contributed by atoms with Gasteiger partial charge in [-0.05, 0) is 32.8 Å². The predicted octanol–water partition coefficient (Wildman–Crippen LogP) is 2.59. The van der Waals surface area contributed by atoms with E-state index in [-0.39, 0.29) is 5.54 Å². The highest BCUT2D eigenvalue weighted by atomic mass is 16.5. The Labute approximate surface area is 122 Å². The number of rotatable bonds is 2. The van der Waals surface area contributed by atoms with Gasteiger partial charge in [-0.25, -0.2) is 0 Å². The van der Waals surface area contributed by atoms with Crippen LogP contribution in [0.3, 0.4) is 0 Å². The number of nitrogens with one attached hydrogen (secondary N) is 1. The zero-order valence-electron chi connectivity index (χ0n) is 12.8. The highest BCUT2D eigenvalue weighted by molar-refractivity contribution is 5.21. The maximum Gasteiger partial charge on any atom is 0.0703 e. The normalized spacial score (nSPS) is 34.2. The highest BCUT2D eigenvalue weighted by Crippen LogP contribution is 2.33. The standard InChI is InChI=1S/C17H26N2O/c1-13-15(9-10-20-13)19-12-17(2,3)18-11-16(19)14-7-5-4-6-8-14/h4-8,13,15-16,18H,9-12H2,1-3H3. The van der Waals surface area contributed by atoms with Crippen LogP contribution in [0, 0.1) is 0 Å². The SMILES string of the molecule is CC1OCCC1N1CC(C)(C)NCC1c1ccccc1. The average molecular weight is 274 g/mol. The Morgan fingerprint density at radius 1 is 1.25 bits per heavy atom. The number of hydrogen-bond acceptors (Lipinski definition) is 3. The summed E-state index contributed by atoms with van der Waals surface area (Å²) < 4.78 is 5.81. The summed E-state index contributed by atoms with van der Waals surface area (Å²) in [7, 11) is 0. The van der Waals surface area contributed by atoms with Crippen molar-refractivity contribution in [2.75, 3.05) is 19.7 Å². The van der Waals surface area contributed by atoms with E-state index in [1.165, 1.54) is 5.56 Å². The van der Waals surface area contributed by atoms with Crippen LogP contribution in [0.4, 0.5) is 0 Å². The summed E-state index contributed by atoms with van der Waals surface area (Å²) in [5, 5.41) is 3.69. The third-order valence-electron chi connectivity index (χ3n) is 4.70. The van der Waals surface area contributed by atoms with Crippen molar-refractivity contribution in [2.45, 2.75) is 50.9 Å². The first-order valence-electron chi connectivity index (χ1n) is 7.74. The van der Waals surface area contributed by atoms with Crippen molar-refractivity contribution in [3.05, 3.63) is 35.9 Å². The molecule has 0 amide bonds. The van der Waals surface area contributed by atoms with E-state index in [0.717, 1.165) is 26.1 Å². The van der Waals surface area contributed by atoms with Crippen LogP contribution in [0.25, 0.3) is 0 Å². The van der Waals surface area contributed by atoms with Gasteiger partial charge in [0, 0.05) is 37.3 Å². The lowest BCUT2D eigenvalue weighted by Crippen LogP contribution is -2.61. The van der Waals surface area contributed by atoms with Crippen molar-refractivity contribution in [1.29, 1.82) is 0 Å². The summed E-state index contributed by atoms with van der Waals surface area (Å²) in [6.07, 6.45) is 1.50. The molecule has 0 spiro atoms. The molecule has 0 bridgehead atoms. The van der Waals surface area contributed by atoms with Gasteiger partial charge in [0.25, 0.3) is 0 Å². The largest absolute Gasteiger partial charge is 0.377 e. The van der Waals surface area contributed by atoms with Gasteiger partial charge in [0.2, 0.25) is 0 Å². The number of ether oxygens (including phenoxy) is 1. The van der Waals surface area contributed by atoms with Crippen molar-refractivity contribution in [1.82, 2.24) is 10.2 Å². The number of piperazine rings is 1. The monoisotopic (exact) mass is 274 g/mol. The van der Waals surface area contributed by atoms with Gasteiger partial charge >= 0.3 is 0 Å². The number of benzene rings is 1. The van der Waals surface area contributed by atoms with E-state index in [1.807, 2.05) is 0 Å². The Balaban J connectivity index is 1.87. The second-order valence-electron chi connectivity index (χ2n) is 6.80. The fraction of sp³-hybridized carbons (Fsp3) is 0.647. The van der Waals surface area contributed by atoms with Gasteiger partial charge < -0.3 is 10.1 Å². The molecule has 110 valence electrons. The topological polar surface area (TPSA) is 24.5 Å². The molecule has 3 heteroatoms. The lowest BCUT2D eigenvalue weighted by molar-refractivity contribution is 0.0152. The van der Waals surface area contributed by atoms with Crippen molar-refractivity contribution in [3.8, 4) is 0 Å². The van der Waals surface area contributed by atoms with E-state index in [2.05, 4.69) is 61.3 Å². The van der Waals surface area contributed by atoms with Crippen LogP contribution < -0.4 is 5.32 Å². The number of nitrogens with zero attached hydrogens (tertiary/aromatic N) is 1. The van der Waals surface area contributed by atoms with Crippen LogP contribution in [0.1, 0.15) is 38.8 Å². The minimum Gasteiger partial charge on any atom is -0.377 e. The van der Waals surface area contributed by atoms with E-state index in [4.69, 9.17) is 4.74 Å². The summed E-state index contributed by atoms with van der Waals surface area (Å²) in [5.74, 6) is 0. The summed E-state index contributed by atoms with van der Waals surface area (Å²) in [5.41, 5.74) is 1.59. The molecule has 1 N–H and O–H groups in total. The third-order valence-corrected chi connectivity index (χ3v) is 4.70. The summed E-state index contributed by atoms with van der Waals surface area (Å²) in [4.78, 5) is 2.67. The molecule has 2 saturated heterocycles. The molecule has 2 heterocycles. The molecule has 1 aromatic carbocycles. The molecule has 0 saturated carbocycles. The quantitative estimate of drug-likeness (QED) is 0.897. The van der Waals surface area contributed by atoms with Crippen molar-refractivity contribution in [2.24, 2.45) is 0 Å². The second kappa shape index (κ2) is 5.47. The Morgan fingerprint density at radius 3 is 2.65 bits per heavy atom. The van der Waals surface area contributed by atoms with Gasteiger partial charge in [0.05, 0.1) is 6.10 Å². The van der Waals surface area contributed by atoms with E-state index >= 15 is 0 Å². The minimum atomic E-state index is 0.174. The Hall–Kier alpha value is -0.900. The lowest BCUT2D eigenvalue weighted by Gasteiger charge is -2.48. The molecule has 2 fully saturated rings. The first kappa shape index (κ1) is 14.1. The van der Waals surface area contributed by atoms with Gasteiger partial charge in [-0.1, -0.05) is 30.3 Å². The first-order chi connectivity index (χ1) is 9.57. The zero-order valence-corrected chi connectivity index (χ0v) is 12.8. The predicted molar refractivity (Wildman–Crippen MR) is 81.8 cm³/mol. The van der Waals surface area contributed by atoms with Crippen LogP contribution in [-0.2, 0) is 4.74 Å². The van der Waals surface area contributed by atoms with Gasteiger partial charge in [-0.2, -0.15) is 0 Å². The van der Waals surface area contributed by atoms with E-state index in [9.17, 15) is 0 Å². The molecule has 20 heavy (non-hydrogen) atoms. The molecule has 2 aliphatic heterocycles. The molecule has 2 aliphatic rings. The van der Waals surface area contributed by atoms with Crippen LogP contribution in [-0.4, -0.2) is 42.3 Å². The number of hydrogen-bond donors (Lipinski definition) is 1. The van der Waals surface area contributed by atoms with Gasteiger partial charge in [-0.3, -0.25) is 4.90 Å². The van der Waals surface area contributed by atoms with Crippen LogP contribution in [0.2, 0.25) is 0 Å². The van der Waals surface area contributed by atoms with E-state index < -0.39 is 0 Å². The summed E-state index contributed by atoms with van der Waals surface area (Å²) >= 11 is 0. The summed E-state index contributed by atoms with van der Waals surface area (Å²) in [6, 6.07) is 11.9. The average Bonchev–Trinajstić information content (AvgIpc) is 2.85. The summed E-state index contributed by atoms with van der Waals surface area (Å²) in [6.45, 7) is 9.79. The van der Waals surface area contributed by atoms with Crippen molar-refractivity contribution in [3.63, 3.8) is 0 Å². The molecule has 3 nitrogen and oxygen atoms in total. The minimum absolute atomic E-state index is 0.174. The zero-order chi connectivity index (χ0) is 14.2. The molecule has 3 unspecified atom stereocenters. The molecule has 3 atom stereocenters. The highest BCUT2D eigenvalue weighted by Gasteiger charge is 2.40. The molecular formula is C17H26N2O. The molecule has 3 rings (SSSR count).